The van der Waals surface area contributed by atoms with Crippen LogP contribution in [0.3, 0.4) is 0 Å². The van der Waals surface area contributed by atoms with Crippen LogP contribution < -0.4 is 0 Å². The van der Waals surface area contributed by atoms with Gasteiger partial charge in [0.25, 0.3) is 3.12 Å². The molecule has 0 N–H and O–H groups in total. The monoisotopic (exact) mass is 394 g/mol. The fourth-order valence-electron chi connectivity index (χ4n) is 1.24. The summed E-state index contributed by atoms with van der Waals surface area (Å²) in [5.74, 6) is 1.98. The van der Waals surface area contributed by atoms with Gasteiger partial charge >= 0.3 is 6.09 Å². The van der Waals surface area contributed by atoms with Crippen LogP contribution in [0.15, 0.2) is 17.8 Å². The van der Waals surface area contributed by atoms with Crippen molar-refractivity contribution in [3.05, 3.63) is 12.7 Å². The van der Waals surface area contributed by atoms with Crippen molar-refractivity contribution < 1.29 is 9.63 Å². The molecule has 1 atom stereocenters. The van der Waals surface area contributed by atoms with Crippen molar-refractivity contribution in [2.24, 2.45) is 5.16 Å². The van der Waals surface area contributed by atoms with Gasteiger partial charge in [-0.1, -0.05) is 46.0 Å². The molecule has 0 aromatic carbocycles. The van der Waals surface area contributed by atoms with Crippen LogP contribution in [0.5, 0.6) is 0 Å². The topological polar surface area (TPSA) is 41.9 Å². The maximum absolute atomic E-state index is 11.7. The molecule has 1 fully saturated rings. The Kier molecular flexibility index (Phi) is 8.30. The summed E-state index contributed by atoms with van der Waals surface area (Å²) in [7, 11) is 1.44. The molecule has 0 saturated carbocycles. The third-order valence-corrected chi connectivity index (χ3v) is 6.00. The molecule has 10 heteroatoms. The van der Waals surface area contributed by atoms with Gasteiger partial charge in [-0.25, -0.2) is 9.10 Å². The fourth-order valence-corrected chi connectivity index (χ4v) is 5.04. The van der Waals surface area contributed by atoms with Crippen molar-refractivity contribution >= 4 is 81.4 Å². The number of halogens is 3. The number of hydrogen-bond donors (Lipinski definition) is 0. The largest absolute Gasteiger partial charge is 0.445 e. The van der Waals surface area contributed by atoms with Gasteiger partial charge in [0, 0.05) is 30.5 Å². The molecule has 20 heavy (non-hydrogen) atoms. The Morgan fingerprint density at radius 1 is 1.65 bits per heavy atom. The van der Waals surface area contributed by atoms with E-state index in [1.807, 2.05) is 6.08 Å². The van der Waals surface area contributed by atoms with Gasteiger partial charge in [0.2, 0.25) is 0 Å². The highest BCUT2D eigenvalue weighted by Gasteiger charge is 2.28. The van der Waals surface area contributed by atoms with Crippen molar-refractivity contribution in [3.8, 4) is 0 Å². The number of nitrogens with zero attached hydrogens (tertiary/aromatic N) is 2. The number of allylic oxidation sites excluding steroid dienone is 1. The molecule has 4 nitrogen and oxygen atoms in total. The predicted molar refractivity (Wildman–Crippen MR) is 93.1 cm³/mol. The predicted octanol–water partition coefficient (Wildman–Crippen LogP) is 4.77. The summed E-state index contributed by atoms with van der Waals surface area (Å²) < 4.78 is -0.540. The molecular formula is C10H13Cl3N2O2S3. The Morgan fingerprint density at radius 3 is 2.95 bits per heavy atom. The van der Waals surface area contributed by atoms with Crippen molar-refractivity contribution in [2.45, 2.75) is 14.8 Å². The molecule has 0 aliphatic carbocycles. The molecule has 1 aliphatic rings. The summed E-state index contributed by atoms with van der Waals surface area (Å²) in [6, 6.07) is 0. The first kappa shape index (κ1) is 18.6. The fraction of sp³-hybridized carbons (Fsp3) is 0.600. The summed E-state index contributed by atoms with van der Waals surface area (Å²) in [6.07, 6.45) is 1.92. The molecule has 1 saturated heterocycles. The van der Waals surface area contributed by atoms with Gasteiger partial charge in [-0.2, -0.15) is 11.8 Å². The summed E-state index contributed by atoms with van der Waals surface area (Å²) in [6.45, 7) is 3.71. The maximum atomic E-state index is 11.7. The summed E-state index contributed by atoms with van der Waals surface area (Å²) >= 11 is 20.8. The summed E-state index contributed by atoms with van der Waals surface area (Å²) in [5, 5.41) is 4.88. The summed E-state index contributed by atoms with van der Waals surface area (Å²) in [5.41, 5.74) is 0. The lowest BCUT2D eigenvalue weighted by atomic mass is 10.3. The zero-order valence-corrected chi connectivity index (χ0v) is 15.3. The molecule has 1 aliphatic heterocycles. The van der Waals surface area contributed by atoms with Gasteiger partial charge in [-0.15, -0.1) is 18.3 Å². The average molecular weight is 396 g/mol. The Labute approximate surface area is 146 Å². The van der Waals surface area contributed by atoms with E-state index in [0.717, 1.165) is 39.2 Å². The van der Waals surface area contributed by atoms with Crippen LogP contribution >= 0.6 is 70.3 Å². The molecule has 0 spiro atoms. The Bertz CT molecular complexity index is 390. The van der Waals surface area contributed by atoms with Gasteiger partial charge in [-0.05, 0) is 6.42 Å². The van der Waals surface area contributed by atoms with E-state index in [9.17, 15) is 4.79 Å². The van der Waals surface area contributed by atoms with E-state index in [1.165, 1.54) is 7.05 Å². The van der Waals surface area contributed by atoms with Gasteiger partial charge in [0.1, 0.15) is 5.04 Å². The molecule has 0 aromatic rings. The van der Waals surface area contributed by atoms with Crippen LogP contribution in [0.25, 0.3) is 0 Å². The lowest BCUT2D eigenvalue weighted by Gasteiger charge is -2.22. The van der Waals surface area contributed by atoms with E-state index < -0.39 is 9.22 Å². The van der Waals surface area contributed by atoms with Gasteiger partial charge in [0.05, 0.1) is 5.25 Å². The van der Waals surface area contributed by atoms with E-state index >= 15 is 0 Å². The Hall–Kier alpha value is 0.600. The van der Waals surface area contributed by atoms with E-state index in [-0.39, 0.29) is 5.25 Å². The highest BCUT2D eigenvalue weighted by atomic mass is 35.6. The van der Waals surface area contributed by atoms with Gasteiger partial charge < -0.3 is 0 Å². The summed E-state index contributed by atoms with van der Waals surface area (Å²) in [4.78, 5) is 16.6. The van der Waals surface area contributed by atoms with E-state index in [0.29, 0.717) is 0 Å². The van der Waals surface area contributed by atoms with Crippen LogP contribution in [-0.4, -0.2) is 42.4 Å². The molecule has 1 amide bonds. The minimum Gasteiger partial charge on any atom is -0.296 e. The second-order valence-corrected chi connectivity index (χ2v) is 10.3. The van der Waals surface area contributed by atoms with Crippen molar-refractivity contribution in [1.82, 2.24) is 4.31 Å². The highest BCUT2D eigenvalue weighted by Crippen LogP contribution is 2.40. The minimum atomic E-state index is -1.62. The number of alkyl halides is 3. The Morgan fingerprint density at radius 2 is 2.35 bits per heavy atom. The molecule has 1 heterocycles. The number of thioether (sulfide) groups is 2. The van der Waals surface area contributed by atoms with Crippen LogP contribution in [0.1, 0.15) is 6.42 Å². The van der Waals surface area contributed by atoms with E-state index in [2.05, 4.69) is 11.7 Å². The quantitative estimate of drug-likeness (QED) is 0.225. The molecule has 0 aromatic heterocycles. The van der Waals surface area contributed by atoms with Crippen molar-refractivity contribution in [3.63, 3.8) is 0 Å². The van der Waals surface area contributed by atoms with Crippen LogP contribution in [0, 0.1) is 0 Å². The first-order valence-electron chi connectivity index (χ1n) is 5.47. The van der Waals surface area contributed by atoms with E-state index in [1.54, 1.807) is 23.5 Å². The molecular weight excluding hydrogens is 383 g/mol. The Balaban J connectivity index is 2.56. The SMILES string of the molecule is C=CCC1SCCSC1=NOC(=O)N(C)SC(Cl)(Cl)Cl. The molecule has 0 radical (unpaired) electrons. The normalized spacial score (nSPS) is 21.6. The number of oxime groups is 1. The molecule has 0 bridgehead atoms. The number of carbonyl (C=O) groups excluding carboxylic acids is 1. The lowest BCUT2D eigenvalue weighted by molar-refractivity contribution is 0.137. The third kappa shape index (κ3) is 7.04. The van der Waals surface area contributed by atoms with Gasteiger partial charge in [0.15, 0.2) is 0 Å². The van der Waals surface area contributed by atoms with E-state index in [4.69, 9.17) is 39.6 Å². The zero-order valence-electron chi connectivity index (χ0n) is 10.6. The minimum absolute atomic E-state index is 0.185. The number of rotatable bonds is 4. The average Bonchev–Trinajstić information content (AvgIpc) is 2.35. The van der Waals surface area contributed by atoms with Crippen molar-refractivity contribution in [2.75, 3.05) is 18.6 Å². The first-order valence-corrected chi connectivity index (χ1v) is 9.41. The number of hydrogen-bond acceptors (Lipinski definition) is 6. The van der Waals surface area contributed by atoms with Gasteiger partial charge in [-0.3, -0.25) is 4.84 Å². The molecule has 114 valence electrons. The second-order valence-electron chi connectivity index (χ2n) is 3.55. The van der Waals surface area contributed by atoms with Crippen LogP contribution in [-0.2, 0) is 4.84 Å². The number of amides is 1. The highest BCUT2D eigenvalue weighted by molar-refractivity contribution is 8.18. The molecule has 1 rings (SSSR count). The van der Waals surface area contributed by atoms with Crippen LogP contribution in [0.2, 0.25) is 0 Å². The molecule has 1 unspecified atom stereocenters. The van der Waals surface area contributed by atoms with Crippen molar-refractivity contribution in [1.29, 1.82) is 0 Å². The second kappa shape index (κ2) is 8.90. The maximum Gasteiger partial charge on any atom is 0.445 e. The first-order chi connectivity index (χ1) is 9.33. The lowest BCUT2D eigenvalue weighted by Crippen LogP contribution is -2.25. The standard InChI is InChI=1S/C10H13Cl3N2O2S3/c1-3-4-7-8(19-6-5-18-7)14-17-9(16)15(2)20-10(11,12)13/h3,7H,1,4-6H2,2H3. The number of carbonyl (C=O) groups is 1. The zero-order chi connectivity index (χ0) is 15.2. The smallest absolute Gasteiger partial charge is 0.296 e. The van der Waals surface area contributed by atoms with Crippen LogP contribution in [0.4, 0.5) is 4.79 Å². The third-order valence-electron chi connectivity index (χ3n) is 2.02.